The van der Waals surface area contributed by atoms with Crippen LogP contribution in [0.15, 0.2) is 36.4 Å². The molecule has 6 nitrogen and oxygen atoms in total. The third kappa shape index (κ3) is 3.31. The summed E-state index contributed by atoms with van der Waals surface area (Å²) in [7, 11) is 0. The zero-order valence-electron chi connectivity index (χ0n) is 17.2. The van der Waals surface area contributed by atoms with Crippen LogP contribution in [0.1, 0.15) is 53.5 Å². The van der Waals surface area contributed by atoms with Crippen molar-refractivity contribution in [1.29, 1.82) is 0 Å². The first kappa shape index (κ1) is 20.3. The molecule has 1 aliphatic heterocycles. The average molecular weight is 426 g/mol. The highest BCUT2D eigenvalue weighted by molar-refractivity contribution is 6.31. The van der Waals surface area contributed by atoms with Crippen molar-refractivity contribution >= 4 is 17.5 Å². The maximum absolute atomic E-state index is 13.2. The molecule has 156 valence electrons. The average Bonchev–Trinajstić information content (AvgIpc) is 3.25. The molecule has 30 heavy (non-hydrogen) atoms. The van der Waals surface area contributed by atoms with Gasteiger partial charge in [-0.05, 0) is 55.7 Å². The van der Waals surface area contributed by atoms with Gasteiger partial charge in [-0.1, -0.05) is 30.7 Å². The van der Waals surface area contributed by atoms with Crippen molar-refractivity contribution in [2.24, 2.45) is 0 Å². The topological polar surface area (TPSA) is 78.5 Å². The van der Waals surface area contributed by atoms with E-state index in [1.807, 2.05) is 49.9 Å². The van der Waals surface area contributed by atoms with E-state index in [9.17, 15) is 9.90 Å². The summed E-state index contributed by atoms with van der Waals surface area (Å²) < 4.78 is 5.68. The molecule has 2 aromatic carbocycles. The van der Waals surface area contributed by atoms with Crippen molar-refractivity contribution in [2.75, 3.05) is 13.2 Å². The number of benzene rings is 2. The van der Waals surface area contributed by atoms with Gasteiger partial charge >= 0.3 is 0 Å². The fourth-order valence-corrected chi connectivity index (χ4v) is 4.18. The first-order valence-corrected chi connectivity index (χ1v) is 10.5. The minimum Gasteiger partial charge on any atom is -0.507 e. The number of fused-ring (bicyclic) bond motifs is 1. The van der Waals surface area contributed by atoms with E-state index in [0.29, 0.717) is 35.1 Å². The Bertz CT molecular complexity index is 1110. The van der Waals surface area contributed by atoms with Crippen LogP contribution in [0.2, 0.25) is 5.02 Å². The number of nitrogens with zero attached hydrogens (tertiary/aromatic N) is 2. The monoisotopic (exact) mass is 425 g/mol. The predicted octanol–water partition coefficient (Wildman–Crippen LogP) is 5.10. The molecule has 2 N–H and O–H groups in total. The van der Waals surface area contributed by atoms with Gasteiger partial charge in [0.1, 0.15) is 22.9 Å². The highest BCUT2D eigenvalue weighted by Gasteiger charge is 2.42. The third-order valence-corrected chi connectivity index (χ3v) is 5.75. The molecular formula is C23H24ClN3O3. The Labute approximate surface area is 180 Å². The summed E-state index contributed by atoms with van der Waals surface area (Å²) in [5, 5.41) is 18.4. The van der Waals surface area contributed by atoms with Crippen LogP contribution in [0.3, 0.4) is 0 Å². The SMILES string of the molecule is CCCN1C(=O)c2[nH]nc(-c3cc(Cl)c(C)cc3O)c2C1c1cccc(OCC)c1. The fourth-order valence-electron chi connectivity index (χ4n) is 4.02. The molecule has 4 rings (SSSR count). The number of carbonyl (C=O) groups excluding carboxylic acids is 1. The van der Waals surface area contributed by atoms with Crippen molar-refractivity contribution < 1.29 is 14.6 Å². The van der Waals surface area contributed by atoms with Crippen LogP contribution in [-0.2, 0) is 0 Å². The number of aryl methyl sites for hydroxylation is 1. The second kappa shape index (κ2) is 8.03. The Balaban J connectivity index is 1.90. The van der Waals surface area contributed by atoms with E-state index in [1.54, 1.807) is 12.1 Å². The molecule has 7 heteroatoms. The predicted molar refractivity (Wildman–Crippen MR) is 116 cm³/mol. The van der Waals surface area contributed by atoms with Gasteiger partial charge < -0.3 is 14.7 Å². The molecule has 0 saturated carbocycles. The molecule has 1 aromatic heterocycles. The number of nitrogens with one attached hydrogen (secondary N) is 1. The Morgan fingerprint density at radius 2 is 2.07 bits per heavy atom. The molecule has 0 fully saturated rings. The van der Waals surface area contributed by atoms with Gasteiger partial charge in [-0.3, -0.25) is 9.89 Å². The standard InChI is InChI=1S/C23H24ClN3O3/c1-4-9-27-22(14-7-6-8-15(11-14)30-5-2)19-20(25-26-21(19)23(27)29)16-12-17(24)13(3)10-18(16)28/h6-8,10-12,22,28H,4-5,9H2,1-3H3,(H,25,26). The minimum atomic E-state index is -0.332. The number of carbonyl (C=O) groups is 1. The smallest absolute Gasteiger partial charge is 0.273 e. The molecule has 1 amide bonds. The van der Waals surface area contributed by atoms with Crippen molar-refractivity contribution in [3.05, 3.63) is 63.8 Å². The Morgan fingerprint density at radius 1 is 1.27 bits per heavy atom. The summed E-state index contributed by atoms with van der Waals surface area (Å²) in [5.74, 6) is 0.725. The van der Waals surface area contributed by atoms with Crippen LogP contribution in [-0.4, -0.2) is 39.3 Å². The summed E-state index contributed by atoms with van der Waals surface area (Å²) in [6.07, 6.45) is 0.821. The van der Waals surface area contributed by atoms with E-state index in [0.717, 1.165) is 28.9 Å². The first-order valence-electron chi connectivity index (χ1n) is 10.1. The summed E-state index contributed by atoms with van der Waals surface area (Å²) >= 11 is 6.33. The van der Waals surface area contributed by atoms with Gasteiger partial charge in [-0.15, -0.1) is 0 Å². The quantitative estimate of drug-likeness (QED) is 0.576. The van der Waals surface area contributed by atoms with E-state index in [-0.39, 0.29) is 17.7 Å². The van der Waals surface area contributed by atoms with Crippen LogP contribution < -0.4 is 4.74 Å². The third-order valence-electron chi connectivity index (χ3n) is 5.35. The van der Waals surface area contributed by atoms with Gasteiger partial charge in [0, 0.05) is 22.7 Å². The molecule has 0 bridgehead atoms. The normalized spacial score (nSPS) is 15.5. The number of aromatic nitrogens is 2. The van der Waals surface area contributed by atoms with Crippen LogP contribution in [0.4, 0.5) is 0 Å². The number of hydrogen-bond donors (Lipinski definition) is 2. The summed E-state index contributed by atoms with van der Waals surface area (Å²) in [5.41, 5.74) is 3.93. The molecule has 0 radical (unpaired) electrons. The summed E-state index contributed by atoms with van der Waals surface area (Å²) in [6, 6.07) is 10.7. The molecular weight excluding hydrogens is 402 g/mol. The largest absolute Gasteiger partial charge is 0.507 e. The van der Waals surface area contributed by atoms with Crippen molar-refractivity contribution in [1.82, 2.24) is 15.1 Å². The molecule has 1 aliphatic rings. The van der Waals surface area contributed by atoms with Crippen molar-refractivity contribution in [2.45, 2.75) is 33.2 Å². The van der Waals surface area contributed by atoms with E-state index >= 15 is 0 Å². The second-order valence-corrected chi connectivity index (χ2v) is 7.79. The van der Waals surface area contributed by atoms with Crippen LogP contribution >= 0.6 is 11.6 Å². The molecule has 0 aliphatic carbocycles. The van der Waals surface area contributed by atoms with Gasteiger partial charge in [0.05, 0.1) is 12.6 Å². The lowest BCUT2D eigenvalue weighted by Crippen LogP contribution is -2.30. The number of ether oxygens (including phenoxy) is 1. The molecule has 3 aromatic rings. The lowest BCUT2D eigenvalue weighted by Gasteiger charge is -2.26. The number of phenolic OH excluding ortho intramolecular Hbond substituents is 1. The molecule has 1 unspecified atom stereocenters. The molecule has 1 atom stereocenters. The van der Waals surface area contributed by atoms with E-state index in [2.05, 4.69) is 10.2 Å². The second-order valence-electron chi connectivity index (χ2n) is 7.39. The van der Waals surface area contributed by atoms with Gasteiger partial charge in [0.2, 0.25) is 0 Å². The zero-order valence-corrected chi connectivity index (χ0v) is 18.0. The van der Waals surface area contributed by atoms with Crippen molar-refractivity contribution in [3.63, 3.8) is 0 Å². The van der Waals surface area contributed by atoms with E-state index in [4.69, 9.17) is 16.3 Å². The highest BCUT2D eigenvalue weighted by atomic mass is 35.5. The number of H-pyrrole nitrogens is 1. The van der Waals surface area contributed by atoms with Gasteiger partial charge in [-0.25, -0.2) is 0 Å². The van der Waals surface area contributed by atoms with Gasteiger partial charge in [0.25, 0.3) is 5.91 Å². The number of amides is 1. The number of aromatic hydroxyl groups is 1. The number of rotatable bonds is 6. The highest BCUT2D eigenvalue weighted by Crippen LogP contribution is 2.45. The summed E-state index contributed by atoms with van der Waals surface area (Å²) in [4.78, 5) is 15.0. The Kier molecular flexibility index (Phi) is 5.43. The lowest BCUT2D eigenvalue weighted by molar-refractivity contribution is 0.0743. The van der Waals surface area contributed by atoms with E-state index < -0.39 is 0 Å². The maximum Gasteiger partial charge on any atom is 0.273 e. The number of halogens is 1. The minimum absolute atomic E-state index is 0.0782. The molecule has 2 heterocycles. The van der Waals surface area contributed by atoms with E-state index in [1.165, 1.54) is 0 Å². The zero-order chi connectivity index (χ0) is 21.4. The number of hydrogen-bond acceptors (Lipinski definition) is 4. The molecule has 0 spiro atoms. The van der Waals surface area contributed by atoms with Gasteiger partial charge in [0.15, 0.2) is 0 Å². The van der Waals surface area contributed by atoms with Crippen LogP contribution in [0.25, 0.3) is 11.3 Å². The maximum atomic E-state index is 13.2. The van der Waals surface area contributed by atoms with Gasteiger partial charge in [-0.2, -0.15) is 5.10 Å². The van der Waals surface area contributed by atoms with Crippen LogP contribution in [0, 0.1) is 6.92 Å². The Morgan fingerprint density at radius 3 is 2.80 bits per heavy atom. The fraction of sp³-hybridized carbons (Fsp3) is 0.304. The molecule has 0 saturated heterocycles. The lowest BCUT2D eigenvalue weighted by atomic mass is 9.95. The summed E-state index contributed by atoms with van der Waals surface area (Å²) in [6.45, 7) is 6.97. The first-order chi connectivity index (χ1) is 14.5. The Hall–Kier alpha value is -2.99. The number of phenols is 1. The van der Waals surface area contributed by atoms with Crippen molar-refractivity contribution in [3.8, 4) is 22.8 Å². The number of aromatic amines is 1. The van der Waals surface area contributed by atoms with Crippen LogP contribution in [0.5, 0.6) is 11.5 Å².